The van der Waals surface area contributed by atoms with Crippen molar-refractivity contribution in [2.75, 3.05) is 20.2 Å². The molecule has 2 N–H and O–H groups in total. The number of methoxy groups -OCH3 is 1. The number of benzene rings is 2. The molecule has 2 aliphatic heterocycles. The fourth-order valence-corrected chi connectivity index (χ4v) is 6.07. The van der Waals surface area contributed by atoms with Gasteiger partial charge in [-0.15, -0.1) is 0 Å². The molecule has 0 spiro atoms. The van der Waals surface area contributed by atoms with Gasteiger partial charge < -0.3 is 15.2 Å². The topological polar surface area (TPSA) is 87.6 Å². The maximum atomic E-state index is 16.3. The van der Waals surface area contributed by atoms with Gasteiger partial charge >= 0.3 is 0 Å². The van der Waals surface area contributed by atoms with E-state index >= 15 is 8.78 Å². The van der Waals surface area contributed by atoms with Gasteiger partial charge in [-0.25, -0.2) is 18.7 Å². The number of fused-ring (bicyclic) bond motifs is 1. The Morgan fingerprint density at radius 1 is 1.13 bits per heavy atom. The lowest BCUT2D eigenvalue weighted by molar-refractivity contribution is -0.127. The van der Waals surface area contributed by atoms with Crippen LogP contribution in [0.4, 0.5) is 8.78 Å². The maximum absolute atomic E-state index is 16.3. The molecule has 11 heteroatoms. The molecule has 5 rings (SSSR count). The zero-order valence-corrected chi connectivity index (χ0v) is 23.0. The van der Waals surface area contributed by atoms with Crippen molar-refractivity contribution in [3.8, 4) is 0 Å². The number of halogens is 4. The number of alkyl halides is 1. The van der Waals surface area contributed by atoms with Crippen LogP contribution in [0.15, 0.2) is 48.8 Å². The molecule has 1 amide bonds. The Morgan fingerprint density at radius 2 is 1.77 bits per heavy atom. The van der Waals surface area contributed by atoms with Crippen LogP contribution in [0.1, 0.15) is 59.1 Å². The van der Waals surface area contributed by atoms with E-state index in [4.69, 9.17) is 27.9 Å². The van der Waals surface area contributed by atoms with E-state index in [1.807, 2.05) is 0 Å². The molecule has 7 nitrogen and oxygen atoms in total. The fraction of sp³-hybridized carbons (Fsp3) is 0.393. The number of nitrogens with one attached hydrogen (secondary N) is 1. The maximum Gasteiger partial charge on any atom is 0.257 e. The number of rotatable bonds is 7. The average Bonchev–Trinajstić information content (AvgIpc) is 3.18. The van der Waals surface area contributed by atoms with Gasteiger partial charge in [-0.1, -0.05) is 42.3 Å². The second kappa shape index (κ2) is 10.4. The summed E-state index contributed by atoms with van der Waals surface area (Å²) in [6, 6.07) is 9.02. The average molecular weight is 577 g/mol. The van der Waals surface area contributed by atoms with Crippen molar-refractivity contribution in [1.29, 1.82) is 0 Å². The number of aromatic nitrogens is 2. The van der Waals surface area contributed by atoms with Crippen molar-refractivity contribution in [3.63, 3.8) is 0 Å². The van der Waals surface area contributed by atoms with Gasteiger partial charge in [0.1, 0.15) is 22.9 Å². The summed E-state index contributed by atoms with van der Waals surface area (Å²) < 4.78 is 38.5. The van der Waals surface area contributed by atoms with Gasteiger partial charge in [0.25, 0.3) is 5.91 Å². The molecule has 0 bridgehead atoms. The summed E-state index contributed by atoms with van der Waals surface area (Å²) in [6.45, 7) is 2.26. The Morgan fingerprint density at radius 3 is 2.36 bits per heavy atom. The van der Waals surface area contributed by atoms with E-state index in [2.05, 4.69) is 15.3 Å². The minimum absolute atomic E-state index is 0.00435. The van der Waals surface area contributed by atoms with Crippen LogP contribution in [0, 0.1) is 5.82 Å². The van der Waals surface area contributed by atoms with Crippen LogP contribution in [0.3, 0.4) is 0 Å². The van der Waals surface area contributed by atoms with Gasteiger partial charge in [-0.05, 0) is 62.2 Å². The largest absolute Gasteiger partial charge is 0.382 e. The number of hydrogen-bond acceptors (Lipinski definition) is 6. The summed E-state index contributed by atoms with van der Waals surface area (Å²) in [7, 11) is 1.37. The molecule has 2 atom stereocenters. The Bertz CT molecular complexity index is 1390. The molecule has 2 aliphatic rings. The first-order valence-electron chi connectivity index (χ1n) is 12.7. The first-order chi connectivity index (χ1) is 18.6. The highest BCUT2D eigenvalue weighted by Crippen LogP contribution is 2.50. The third-order valence-corrected chi connectivity index (χ3v) is 8.36. The minimum Gasteiger partial charge on any atom is -0.382 e. The molecular weight excluding hydrogens is 549 g/mol. The molecular formula is C28H28Cl2F2N4O3. The Labute approximate surface area is 235 Å². The SMILES string of the molecule is CCC(O)(c1cc(F)c2c(c1)C(=O)N(Cc1ncc(Cl)cn1)[C@@]2(OC)c1ccc(Cl)cc1)C1(F)CCNCC1. The van der Waals surface area contributed by atoms with Crippen molar-refractivity contribution in [1.82, 2.24) is 20.2 Å². The predicted molar refractivity (Wildman–Crippen MR) is 143 cm³/mol. The molecule has 1 unspecified atom stereocenters. The number of nitrogens with zero attached hydrogens (tertiary/aromatic N) is 3. The summed E-state index contributed by atoms with van der Waals surface area (Å²) >= 11 is 12.1. The first kappa shape index (κ1) is 27.9. The van der Waals surface area contributed by atoms with Gasteiger partial charge in [0.15, 0.2) is 5.72 Å². The zero-order valence-electron chi connectivity index (χ0n) is 21.5. The third-order valence-electron chi connectivity index (χ3n) is 7.92. The summed E-state index contributed by atoms with van der Waals surface area (Å²) in [5.74, 6) is -1.14. The molecule has 1 fully saturated rings. The van der Waals surface area contributed by atoms with Crippen LogP contribution >= 0.6 is 23.2 Å². The number of ether oxygens (including phenoxy) is 1. The smallest absolute Gasteiger partial charge is 0.257 e. The van der Waals surface area contributed by atoms with Gasteiger partial charge in [-0.3, -0.25) is 9.69 Å². The second-order valence-corrected chi connectivity index (χ2v) is 10.7. The zero-order chi connectivity index (χ0) is 28.0. The van der Waals surface area contributed by atoms with Crippen LogP contribution in [-0.2, 0) is 22.6 Å². The molecule has 0 radical (unpaired) electrons. The molecule has 0 saturated carbocycles. The number of piperidine rings is 1. The van der Waals surface area contributed by atoms with Gasteiger partial charge in [-0.2, -0.15) is 0 Å². The molecule has 1 aromatic heterocycles. The van der Waals surface area contributed by atoms with Crippen molar-refractivity contribution in [3.05, 3.63) is 92.7 Å². The van der Waals surface area contributed by atoms with E-state index in [-0.39, 0.29) is 48.3 Å². The molecule has 1 saturated heterocycles. The van der Waals surface area contributed by atoms with Crippen LogP contribution < -0.4 is 5.32 Å². The van der Waals surface area contributed by atoms with Crippen molar-refractivity contribution < 1.29 is 23.4 Å². The molecule has 2 aromatic carbocycles. The van der Waals surface area contributed by atoms with Crippen LogP contribution in [0.25, 0.3) is 0 Å². The molecule has 3 aromatic rings. The minimum atomic E-state index is -2.01. The standard InChI is InChI=1S/C28H28Cl2F2N4O3/c1-3-27(38,26(32)8-10-33-11-9-26)18-12-21-24(22(31)13-18)28(39-2,17-4-6-19(29)7-5-17)36(25(21)37)16-23-34-14-20(30)15-35-23/h4-7,12-15,33,38H,3,8-11,16H2,1-2H3/t27?,28-/m1/s1. The Kier molecular flexibility index (Phi) is 7.41. The third kappa shape index (κ3) is 4.40. The number of amides is 1. The molecule has 0 aliphatic carbocycles. The highest BCUT2D eigenvalue weighted by molar-refractivity contribution is 6.30. The van der Waals surface area contributed by atoms with Crippen molar-refractivity contribution >= 4 is 29.1 Å². The van der Waals surface area contributed by atoms with Crippen LogP contribution in [-0.4, -0.2) is 51.7 Å². The number of aliphatic hydroxyl groups is 1. The van der Waals surface area contributed by atoms with Gasteiger partial charge in [0.05, 0.1) is 22.7 Å². The summed E-state index contributed by atoms with van der Waals surface area (Å²) in [4.78, 5) is 23.8. The summed E-state index contributed by atoms with van der Waals surface area (Å²) in [6.07, 6.45) is 2.89. The molecule has 206 valence electrons. The number of carbonyl (C=O) groups is 1. The van der Waals surface area contributed by atoms with Crippen LogP contribution in [0.5, 0.6) is 0 Å². The van der Waals surface area contributed by atoms with E-state index in [1.165, 1.54) is 30.5 Å². The highest BCUT2D eigenvalue weighted by atomic mass is 35.5. The Hall–Kier alpha value is -2.69. The second-order valence-electron chi connectivity index (χ2n) is 9.87. The summed E-state index contributed by atoms with van der Waals surface area (Å²) in [5.41, 5.74) is -5.37. The number of hydrogen-bond donors (Lipinski definition) is 2. The molecule has 39 heavy (non-hydrogen) atoms. The highest BCUT2D eigenvalue weighted by Gasteiger charge is 2.56. The van der Waals surface area contributed by atoms with Gasteiger partial charge in [0.2, 0.25) is 0 Å². The normalized spacial score (nSPS) is 22.0. The lowest BCUT2D eigenvalue weighted by Gasteiger charge is -2.44. The van der Waals surface area contributed by atoms with Crippen molar-refractivity contribution in [2.45, 2.75) is 49.7 Å². The quantitative estimate of drug-likeness (QED) is 0.406. The summed E-state index contributed by atoms with van der Waals surface area (Å²) in [5, 5.41) is 15.6. The number of carbonyl (C=O) groups excluding carboxylic acids is 1. The lowest BCUT2D eigenvalue weighted by Crippen LogP contribution is -2.53. The van der Waals surface area contributed by atoms with E-state index in [0.29, 0.717) is 28.7 Å². The van der Waals surface area contributed by atoms with E-state index in [0.717, 1.165) is 6.07 Å². The fourth-order valence-electron chi connectivity index (χ4n) is 5.85. The van der Waals surface area contributed by atoms with E-state index in [9.17, 15) is 9.90 Å². The lowest BCUT2D eigenvalue weighted by atomic mass is 9.71. The van der Waals surface area contributed by atoms with E-state index in [1.54, 1.807) is 31.2 Å². The molecule has 3 heterocycles. The van der Waals surface area contributed by atoms with Gasteiger partial charge in [0, 0.05) is 30.1 Å². The monoisotopic (exact) mass is 576 g/mol. The predicted octanol–water partition coefficient (Wildman–Crippen LogP) is 5.12. The van der Waals surface area contributed by atoms with E-state index < -0.39 is 28.7 Å². The first-order valence-corrected chi connectivity index (χ1v) is 13.4. The van der Waals surface area contributed by atoms with Crippen molar-refractivity contribution in [2.24, 2.45) is 0 Å². The van der Waals surface area contributed by atoms with Crippen LogP contribution in [0.2, 0.25) is 10.0 Å². The Balaban J connectivity index is 1.71.